The molecule has 2 saturated carbocycles. The van der Waals surface area contributed by atoms with E-state index in [1.54, 1.807) is 17.1 Å². The van der Waals surface area contributed by atoms with Crippen molar-refractivity contribution in [2.45, 2.75) is 65.0 Å². The van der Waals surface area contributed by atoms with Gasteiger partial charge in [0.15, 0.2) is 0 Å². The number of amides is 2. The molecule has 0 radical (unpaired) electrons. The molecule has 6 rings (SSSR count). The Hall–Kier alpha value is -3.99. The first kappa shape index (κ1) is 24.4. The molecule has 0 spiro atoms. The number of nitrogens with zero attached hydrogens (tertiary/aromatic N) is 5. The molecular formula is C30H32N6O2. The molecule has 2 amide bonds. The number of hydrogen-bond donors (Lipinski definition) is 1. The normalized spacial score (nSPS) is 24.4. The van der Waals surface area contributed by atoms with Crippen molar-refractivity contribution >= 4 is 17.6 Å². The van der Waals surface area contributed by atoms with Gasteiger partial charge in [0.25, 0.3) is 5.91 Å². The van der Waals surface area contributed by atoms with Gasteiger partial charge >= 0.3 is 0 Å². The molecule has 38 heavy (non-hydrogen) atoms. The molecule has 3 aromatic rings. The highest BCUT2D eigenvalue weighted by atomic mass is 16.2. The molecule has 194 valence electrons. The third-order valence-electron chi connectivity index (χ3n) is 8.79. The highest BCUT2D eigenvalue weighted by molar-refractivity contribution is 5.99. The highest BCUT2D eigenvalue weighted by Gasteiger charge is 2.53. The minimum absolute atomic E-state index is 0.0845. The van der Waals surface area contributed by atoms with Crippen LogP contribution in [0.1, 0.15) is 81.9 Å². The van der Waals surface area contributed by atoms with Crippen molar-refractivity contribution < 1.29 is 9.59 Å². The molecule has 8 heteroatoms. The molecule has 0 bridgehead atoms. The summed E-state index contributed by atoms with van der Waals surface area (Å²) in [5.41, 5.74) is 6.59. The number of pyridine rings is 1. The summed E-state index contributed by atoms with van der Waals surface area (Å²) >= 11 is 0. The SMILES string of the molecule is Cc1ccc(C#N)c(C2CC(NC(=O)c3cnn(C(C)c4cnc(N5C[C@H]6C[C@H]6C5=O)c(C)c4C)c3)C2)c1. The Morgan fingerprint density at radius 3 is 2.66 bits per heavy atom. The summed E-state index contributed by atoms with van der Waals surface area (Å²) in [4.78, 5) is 32.1. The average molecular weight is 509 g/mol. The van der Waals surface area contributed by atoms with E-state index < -0.39 is 0 Å². The third kappa shape index (κ3) is 4.07. The fourth-order valence-electron chi connectivity index (χ4n) is 6.06. The number of fused-ring (bicyclic) bond motifs is 1. The van der Waals surface area contributed by atoms with Crippen molar-refractivity contribution in [3.05, 3.63) is 75.7 Å². The summed E-state index contributed by atoms with van der Waals surface area (Å²) in [6.07, 6.45) is 7.90. The topological polar surface area (TPSA) is 104 Å². The van der Waals surface area contributed by atoms with E-state index in [1.165, 1.54) is 0 Å². The van der Waals surface area contributed by atoms with Gasteiger partial charge in [-0.05, 0) is 87.1 Å². The van der Waals surface area contributed by atoms with Crippen molar-refractivity contribution in [2.75, 3.05) is 11.4 Å². The second-order valence-corrected chi connectivity index (χ2v) is 11.3. The van der Waals surface area contributed by atoms with Gasteiger partial charge in [-0.15, -0.1) is 0 Å². The monoisotopic (exact) mass is 508 g/mol. The van der Waals surface area contributed by atoms with Crippen LogP contribution in [0.4, 0.5) is 5.82 Å². The molecule has 3 aliphatic rings. The lowest BCUT2D eigenvalue weighted by Gasteiger charge is -2.36. The van der Waals surface area contributed by atoms with Crippen LogP contribution in [0, 0.1) is 43.9 Å². The summed E-state index contributed by atoms with van der Waals surface area (Å²) in [5.74, 6) is 1.83. The molecule has 1 N–H and O–H groups in total. The van der Waals surface area contributed by atoms with Crippen LogP contribution in [0.3, 0.4) is 0 Å². The van der Waals surface area contributed by atoms with E-state index in [0.717, 1.165) is 65.0 Å². The second kappa shape index (κ2) is 9.09. The van der Waals surface area contributed by atoms with Crippen LogP contribution in [0.25, 0.3) is 0 Å². The zero-order valence-electron chi connectivity index (χ0n) is 22.2. The zero-order valence-corrected chi connectivity index (χ0v) is 22.2. The van der Waals surface area contributed by atoms with Gasteiger partial charge < -0.3 is 5.32 Å². The van der Waals surface area contributed by atoms with E-state index in [9.17, 15) is 14.9 Å². The summed E-state index contributed by atoms with van der Waals surface area (Å²) in [6.45, 7) is 8.93. The molecule has 3 fully saturated rings. The van der Waals surface area contributed by atoms with Crippen LogP contribution in [-0.2, 0) is 4.79 Å². The zero-order chi connectivity index (χ0) is 26.7. The standard InChI is InChI=1S/C30H32N6O2/c1-16-5-6-20(11-31)25(7-16)21-8-24(9-21)34-29(37)23-12-33-36(15-23)19(4)27-13-32-28(18(3)17(27)2)35-14-22-10-26(22)30(35)38/h5-7,12-13,15,19,21-22,24,26H,8-10,14H2,1-4H3,(H,34,37)/t19?,21?,22-,24?,26-/m1/s1. The van der Waals surface area contributed by atoms with E-state index in [2.05, 4.69) is 34.5 Å². The first-order chi connectivity index (χ1) is 18.2. The van der Waals surface area contributed by atoms with Crippen LogP contribution in [-0.4, -0.2) is 39.2 Å². The lowest BCUT2D eigenvalue weighted by Crippen LogP contribution is -2.43. The first-order valence-corrected chi connectivity index (χ1v) is 13.4. The quantitative estimate of drug-likeness (QED) is 0.533. The molecule has 1 aromatic carbocycles. The maximum Gasteiger partial charge on any atom is 0.254 e. The molecule has 1 aliphatic heterocycles. The number of aromatic nitrogens is 3. The molecular weight excluding hydrogens is 476 g/mol. The number of anilines is 1. The Morgan fingerprint density at radius 1 is 1.16 bits per heavy atom. The molecule has 3 atom stereocenters. The van der Waals surface area contributed by atoms with Crippen molar-refractivity contribution in [3.63, 3.8) is 0 Å². The van der Waals surface area contributed by atoms with E-state index in [0.29, 0.717) is 17.4 Å². The van der Waals surface area contributed by atoms with Crippen molar-refractivity contribution in [2.24, 2.45) is 11.8 Å². The molecule has 2 aromatic heterocycles. The summed E-state index contributed by atoms with van der Waals surface area (Å²) in [5, 5.41) is 17.0. The van der Waals surface area contributed by atoms with Crippen LogP contribution in [0.5, 0.6) is 0 Å². The van der Waals surface area contributed by atoms with Gasteiger partial charge in [0, 0.05) is 30.9 Å². The molecule has 2 aliphatic carbocycles. The van der Waals surface area contributed by atoms with E-state index in [4.69, 9.17) is 0 Å². The highest BCUT2D eigenvalue weighted by Crippen LogP contribution is 2.47. The smallest absolute Gasteiger partial charge is 0.254 e. The predicted octanol–water partition coefficient (Wildman–Crippen LogP) is 4.34. The van der Waals surface area contributed by atoms with Crippen molar-refractivity contribution in [3.8, 4) is 6.07 Å². The lowest BCUT2D eigenvalue weighted by molar-refractivity contribution is -0.118. The Bertz CT molecular complexity index is 1490. The van der Waals surface area contributed by atoms with Crippen LogP contribution in [0.15, 0.2) is 36.8 Å². The van der Waals surface area contributed by atoms with Crippen LogP contribution < -0.4 is 10.2 Å². The minimum Gasteiger partial charge on any atom is -0.349 e. The molecule has 8 nitrogen and oxygen atoms in total. The first-order valence-electron chi connectivity index (χ1n) is 13.4. The lowest BCUT2D eigenvalue weighted by atomic mass is 9.74. The number of hydrogen-bond acceptors (Lipinski definition) is 5. The maximum atomic E-state index is 12.9. The molecule has 1 unspecified atom stereocenters. The van der Waals surface area contributed by atoms with Gasteiger partial charge in [-0.25, -0.2) is 4.98 Å². The van der Waals surface area contributed by atoms with Gasteiger partial charge in [0.2, 0.25) is 5.91 Å². The number of benzene rings is 1. The average Bonchev–Trinajstić information content (AvgIpc) is 3.33. The Balaban J connectivity index is 1.11. The van der Waals surface area contributed by atoms with Gasteiger partial charge in [0.1, 0.15) is 5.82 Å². The van der Waals surface area contributed by atoms with E-state index in [1.807, 2.05) is 44.0 Å². The minimum atomic E-state index is -0.135. The number of nitriles is 1. The maximum absolute atomic E-state index is 12.9. The number of carbonyl (C=O) groups excluding carboxylic acids is 2. The fraction of sp³-hybridized carbons (Fsp3) is 0.433. The summed E-state index contributed by atoms with van der Waals surface area (Å²) in [7, 11) is 0. The Morgan fingerprint density at radius 2 is 1.95 bits per heavy atom. The second-order valence-electron chi connectivity index (χ2n) is 11.3. The Kier molecular flexibility index (Phi) is 5.82. The fourth-order valence-corrected chi connectivity index (χ4v) is 6.06. The molecule has 3 heterocycles. The van der Waals surface area contributed by atoms with Gasteiger partial charge in [-0.1, -0.05) is 17.7 Å². The van der Waals surface area contributed by atoms with Crippen molar-refractivity contribution in [1.29, 1.82) is 5.26 Å². The van der Waals surface area contributed by atoms with Gasteiger partial charge in [-0.3, -0.25) is 19.2 Å². The predicted molar refractivity (Wildman–Crippen MR) is 143 cm³/mol. The summed E-state index contributed by atoms with van der Waals surface area (Å²) in [6, 6.07) is 8.19. The number of piperidine rings is 1. The van der Waals surface area contributed by atoms with Gasteiger partial charge in [-0.2, -0.15) is 10.4 Å². The largest absolute Gasteiger partial charge is 0.349 e. The number of rotatable bonds is 6. The number of nitrogens with one attached hydrogen (secondary N) is 1. The van der Waals surface area contributed by atoms with Crippen LogP contribution >= 0.6 is 0 Å². The van der Waals surface area contributed by atoms with E-state index in [-0.39, 0.29) is 29.8 Å². The number of carbonyl (C=O) groups is 2. The summed E-state index contributed by atoms with van der Waals surface area (Å²) < 4.78 is 1.80. The van der Waals surface area contributed by atoms with Crippen molar-refractivity contribution in [1.82, 2.24) is 20.1 Å². The Labute approximate surface area is 222 Å². The van der Waals surface area contributed by atoms with E-state index >= 15 is 0 Å². The van der Waals surface area contributed by atoms with Gasteiger partial charge in [0.05, 0.1) is 29.4 Å². The molecule has 1 saturated heterocycles. The number of aryl methyl sites for hydroxylation is 1. The third-order valence-corrected chi connectivity index (χ3v) is 8.79. The van der Waals surface area contributed by atoms with Crippen LogP contribution in [0.2, 0.25) is 0 Å².